The molecule has 8 heteroatoms. The third-order valence-corrected chi connectivity index (χ3v) is 7.78. The summed E-state index contributed by atoms with van der Waals surface area (Å²) >= 11 is 0. The van der Waals surface area contributed by atoms with Crippen molar-refractivity contribution in [1.29, 1.82) is 0 Å². The normalized spacial score (nSPS) is 22.1. The number of hydrogen-bond acceptors (Lipinski definition) is 5. The third kappa shape index (κ3) is 5.28. The van der Waals surface area contributed by atoms with Crippen molar-refractivity contribution in [2.45, 2.75) is 63.6 Å². The van der Waals surface area contributed by atoms with Crippen LogP contribution >= 0.6 is 0 Å². The quantitative estimate of drug-likeness (QED) is 0.675. The molecule has 1 fully saturated rings. The number of amidine groups is 1. The van der Waals surface area contributed by atoms with Crippen LogP contribution in [-0.4, -0.2) is 43.7 Å². The van der Waals surface area contributed by atoms with E-state index >= 15 is 0 Å². The molecule has 2 aromatic carbocycles. The molecule has 2 aliphatic rings. The highest BCUT2D eigenvalue weighted by Crippen LogP contribution is 2.24. The van der Waals surface area contributed by atoms with Crippen LogP contribution in [0.5, 0.6) is 0 Å². The summed E-state index contributed by atoms with van der Waals surface area (Å²) in [5.41, 5.74) is 2.42. The van der Waals surface area contributed by atoms with Gasteiger partial charge in [-0.3, -0.25) is 19.4 Å². The smallest absolute Gasteiger partial charge is 0.263 e. The number of amides is 1. The molecule has 1 saturated heterocycles. The number of sulfonamides is 1. The summed E-state index contributed by atoms with van der Waals surface area (Å²) in [5.74, 6) is -0.168. The van der Waals surface area contributed by atoms with Crippen LogP contribution in [0.25, 0.3) is 0 Å². The van der Waals surface area contributed by atoms with Gasteiger partial charge in [-0.1, -0.05) is 44.5 Å². The third-order valence-electron chi connectivity index (χ3n) is 6.38. The van der Waals surface area contributed by atoms with E-state index in [1.165, 1.54) is 30.9 Å². The van der Waals surface area contributed by atoms with Gasteiger partial charge in [0, 0.05) is 23.8 Å². The van der Waals surface area contributed by atoms with Crippen molar-refractivity contribution in [2.24, 2.45) is 10.9 Å². The molecule has 7 nitrogen and oxygen atoms in total. The SMILES string of the molecule is CC(C)[C@H](N=C1NS(=O)(=O)c2ccccc21)C(=O)Nc1ccc(CN2CCCCC2C)cc1. The molecular weight excluding hydrogens is 436 g/mol. The Labute approximate surface area is 196 Å². The summed E-state index contributed by atoms with van der Waals surface area (Å²) in [6.45, 7) is 8.11. The number of anilines is 1. The predicted molar refractivity (Wildman–Crippen MR) is 131 cm³/mol. The van der Waals surface area contributed by atoms with Crippen molar-refractivity contribution >= 4 is 27.5 Å². The highest BCUT2D eigenvalue weighted by molar-refractivity contribution is 7.90. The molecular formula is C25H32N4O3S. The van der Waals surface area contributed by atoms with E-state index < -0.39 is 16.1 Å². The minimum Gasteiger partial charge on any atom is -0.324 e. The molecule has 2 N–H and O–H groups in total. The van der Waals surface area contributed by atoms with Gasteiger partial charge in [-0.2, -0.15) is 0 Å². The predicted octanol–water partition coefficient (Wildman–Crippen LogP) is 3.76. The van der Waals surface area contributed by atoms with E-state index in [-0.39, 0.29) is 22.6 Å². The minimum atomic E-state index is -3.65. The lowest BCUT2D eigenvalue weighted by Gasteiger charge is -2.33. The average Bonchev–Trinajstić information content (AvgIpc) is 3.05. The summed E-state index contributed by atoms with van der Waals surface area (Å²) in [6, 6.07) is 14.5. The van der Waals surface area contributed by atoms with Gasteiger partial charge in [0.2, 0.25) is 5.91 Å². The van der Waals surface area contributed by atoms with E-state index in [9.17, 15) is 13.2 Å². The molecule has 0 aromatic heterocycles. The van der Waals surface area contributed by atoms with E-state index in [0.29, 0.717) is 17.3 Å². The zero-order valence-corrected chi connectivity index (χ0v) is 20.2. The second kappa shape index (κ2) is 9.65. The maximum Gasteiger partial charge on any atom is 0.263 e. The molecule has 1 amide bonds. The van der Waals surface area contributed by atoms with Crippen LogP contribution in [0.15, 0.2) is 58.4 Å². The Hall–Kier alpha value is -2.71. The molecule has 2 atom stereocenters. The van der Waals surface area contributed by atoms with Crippen molar-refractivity contribution in [3.63, 3.8) is 0 Å². The summed E-state index contributed by atoms with van der Waals surface area (Å²) < 4.78 is 27.2. The zero-order chi connectivity index (χ0) is 23.6. The maximum absolute atomic E-state index is 13.1. The number of fused-ring (bicyclic) bond motifs is 1. The van der Waals surface area contributed by atoms with Crippen LogP contribution in [0.1, 0.15) is 51.2 Å². The van der Waals surface area contributed by atoms with Crippen LogP contribution in [0.3, 0.4) is 0 Å². The van der Waals surface area contributed by atoms with Crippen LogP contribution in [0, 0.1) is 5.92 Å². The van der Waals surface area contributed by atoms with Crippen molar-refractivity contribution in [3.8, 4) is 0 Å². The lowest BCUT2D eigenvalue weighted by atomic mass is 10.0. The lowest BCUT2D eigenvalue weighted by Crippen LogP contribution is -2.36. The van der Waals surface area contributed by atoms with Gasteiger partial charge < -0.3 is 5.32 Å². The molecule has 2 heterocycles. The van der Waals surface area contributed by atoms with Gasteiger partial charge in [0.1, 0.15) is 11.9 Å². The van der Waals surface area contributed by atoms with E-state index in [0.717, 1.165) is 13.1 Å². The molecule has 33 heavy (non-hydrogen) atoms. The van der Waals surface area contributed by atoms with E-state index in [4.69, 9.17) is 0 Å². The van der Waals surface area contributed by atoms with Gasteiger partial charge in [-0.15, -0.1) is 0 Å². The number of piperidine rings is 1. The minimum absolute atomic E-state index is 0.116. The van der Waals surface area contributed by atoms with Gasteiger partial charge in [0.05, 0.1) is 4.90 Å². The number of nitrogens with one attached hydrogen (secondary N) is 2. The standard InChI is InChI=1S/C25H32N4O3S/c1-17(2)23(27-24-21-9-4-5-10-22(21)33(31,32)28-24)25(30)26-20-13-11-19(12-14-20)16-29-15-7-6-8-18(29)3/h4-5,9-14,17-18,23H,6-8,15-16H2,1-3H3,(H,26,30)(H,27,28)/t18?,23-/m0/s1. The Morgan fingerprint density at radius 3 is 2.58 bits per heavy atom. The van der Waals surface area contributed by atoms with Crippen molar-refractivity contribution in [3.05, 3.63) is 59.7 Å². The van der Waals surface area contributed by atoms with Crippen LogP contribution in [-0.2, 0) is 21.4 Å². The molecule has 0 saturated carbocycles. The van der Waals surface area contributed by atoms with Crippen LogP contribution in [0.4, 0.5) is 5.69 Å². The molecule has 0 aliphatic carbocycles. The fourth-order valence-electron chi connectivity index (χ4n) is 4.42. The molecule has 2 aromatic rings. The summed E-state index contributed by atoms with van der Waals surface area (Å²) in [6.07, 6.45) is 3.79. The molecule has 4 rings (SSSR count). The Kier molecular flexibility index (Phi) is 6.86. The largest absolute Gasteiger partial charge is 0.324 e. The Morgan fingerprint density at radius 2 is 1.88 bits per heavy atom. The van der Waals surface area contributed by atoms with Gasteiger partial charge >= 0.3 is 0 Å². The number of carbonyl (C=O) groups is 1. The molecule has 2 aliphatic heterocycles. The number of hydrogen-bond donors (Lipinski definition) is 2. The first-order valence-corrected chi connectivity index (χ1v) is 13.1. The van der Waals surface area contributed by atoms with Crippen molar-refractivity contribution in [2.75, 3.05) is 11.9 Å². The van der Waals surface area contributed by atoms with E-state index in [1.807, 2.05) is 26.0 Å². The van der Waals surface area contributed by atoms with Crippen molar-refractivity contribution < 1.29 is 13.2 Å². The first-order chi connectivity index (χ1) is 15.7. The second-order valence-electron chi connectivity index (χ2n) is 9.27. The maximum atomic E-state index is 13.1. The highest BCUT2D eigenvalue weighted by Gasteiger charge is 2.32. The number of carbonyl (C=O) groups excluding carboxylic acids is 1. The Balaban J connectivity index is 1.47. The van der Waals surface area contributed by atoms with Crippen LogP contribution in [0.2, 0.25) is 0 Å². The first-order valence-electron chi connectivity index (χ1n) is 11.6. The number of rotatable bonds is 6. The molecule has 176 valence electrons. The van der Waals surface area contributed by atoms with Gasteiger partial charge in [-0.25, -0.2) is 8.42 Å². The fraction of sp³-hybridized carbons (Fsp3) is 0.440. The average molecular weight is 469 g/mol. The van der Waals surface area contributed by atoms with Gasteiger partial charge in [0.15, 0.2) is 0 Å². The van der Waals surface area contributed by atoms with E-state index in [2.05, 4.69) is 39.0 Å². The molecule has 1 unspecified atom stereocenters. The summed E-state index contributed by atoms with van der Waals surface area (Å²) in [5, 5.41) is 2.94. The van der Waals surface area contributed by atoms with E-state index in [1.54, 1.807) is 18.2 Å². The summed E-state index contributed by atoms with van der Waals surface area (Å²) in [7, 11) is -3.65. The number of benzene rings is 2. The van der Waals surface area contributed by atoms with Gasteiger partial charge in [0.25, 0.3) is 10.0 Å². The topological polar surface area (TPSA) is 90.9 Å². The zero-order valence-electron chi connectivity index (χ0n) is 19.4. The Morgan fingerprint density at radius 1 is 1.15 bits per heavy atom. The number of nitrogens with zero attached hydrogens (tertiary/aromatic N) is 2. The fourth-order valence-corrected chi connectivity index (χ4v) is 5.66. The first kappa shape index (κ1) is 23.4. The monoisotopic (exact) mass is 468 g/mol. The van der Waals surface area contributed by atoms with Crippen LogP contribution < -0.4 is 10.0 Å². The van der Waals surface area contributed by atoms with Gasteiger partial charge in [-0.05, 0) is 62.1 Å². The number of aliphatic imine (C=N–C) groups is 1. The van der Waals surface area contributed by atoms with Crippen molar-refractivity contribution in [1.82, 2.24) is 9.62 Å². The second-order valence-corrected chi connectivity index (χ2v) is 10.9. The molecule has 0 radical (unpaired) electrons. The molecule has 0 bridgehead atoms. The lowest BCUT2D eigenvalue weighted by molar-refractivity contribution is -0.118. The molecule has 0 spiro atoms. The number of likely N-dealkylation sites (tertiary alicyclic amines) is 1. The Bertz CT molecular complexity index is 1140. The summed E-state index contributed by atoms with van der Waals surface area (Å²) in [4.78, 5) is 20.3. The highest BCUT2D eigenvalue weighted by atomic mass is 32.2.